The molecule has 0 unspecified atom stereocenters. The maximum atomic E-state index is 13.9. The van der Waals surface area contributed by atoms with E-state index in [1.807, 2.05) is 13.8 Å². The molecule has 0 spiro atoms. The van der Waals surface area contributed by atoms with Crippen molar-refractivity contribution in [1.82, 2.24) is 4.90 Å². The highest BCUT2D eigenvalue weighted by molar-refractivity contribution is 7.90. The molecule has 1 N–H and O–H groups in total. The summed E-state index contributed by atoms with van der Waals surface area (Å²) in [6.45, 7) is 6.20. The lowest BCUT2D eigenvalue weighted by Gasteiger charge is -2.27. The third-order valence-corrected chi connectivity index (χ3v) is 7.26. The predicted octanol–water partition coefficient (Wildman–Crippen LogP) is 4.39. The smallest absolute Gasteiger partial charge is 0.264 e. The van der Waals surface area contributed by atoms with Crippen molar-refractivity contribution >= 4 is 44.8 Å². The summed E-state index contributed by atoms with van der Waals surface area (Å²) in [7, 11) is -3.64. The molecule has 38 heavy (non-hydrogen) atoms. The van der Waals surface area contributed by atoms with Gasteiger partial charge in [0.15, 0.2) is 11.5 Å². The van der Waals surface area contributed by atoms with Crippen molar-refractivity contribution in [2.75, 3.05) is 36.4 Å². The van der Waals surface area contributed by atoms with Crippen molar-refractivity contribution in [1.29, 1.82) is 0 Å². The van der Waals surface area contributed by atoms with E-state index in [1.165, 1.54) is 0 Å². The molecular weight excluding hydrogens is 532 g/mol. The highest BCUT2D eigenvalue weighted by Gasteiger charge is 2.44. The number of carbonyl (C=O) groups is 3. The Morgan fingerprint density at radius 1 is 1.00 bits per heavy atom. The van der Waals surface area contributed by atoms with Gasteiger partial charge in [-0.15, -0.1) is 11.6 Å². The molecule has 0 saturated carbocycles. The number of imide groups is 1. The van der Waals surface area contributed by atoms with Gasteiger partial charge in [0.25, 0.3) is 11.8 Å². The Labute approximate surface area is 228 Å². The molecule has 1 atom stereocenters. The minimum absolute atomic E-state index is 0.0584. The number of alkyl halides is 1. The zero-order valence-corrected chi connectivity index (χ0v) is 23.6. The number of aryl methyl sites for hydroxylation is 1. The first-order valence-electron chi connectivity index (χ1n) is 12.5. The van der Waals surface area contributed by atoms with Crippen LogP contribution in [-0.2, 0) is 21.1 Å². The molecule has 11 heteroatoms. The second kappa shape index (κ2) is 12.6. The molecule has 1 aliphatic heterocycles. The highest BCUT2D eigenvalue weighted by atomic mass is 35.5. The van der Waals surface area contributed by atoms with Gasteiger partial charge in [0, 0.05) is 18.6 Å². The second-order valence-electron chi connectivity index (χ2n) is 8.88. The van der Waals surface area contributed by atoms with E-state index in [4.69, 9.17) is 21.1 Å². The average molecular weight is 565 g/mol. The number of carbonyl (C=O) groups excluding carboxylic acids is 3. The van der Waals surface area contributed by atoms with E-state index in [2.05, 4.69) is 5.32 Å². The van der Waals surface area contributed by atoms with E-state index in [0.717, 1.165) is 11.2 Å². The highest BCUT2D eigenvalue weighted by Crippen LogP contribution is 2.40. The fourth-order valence-corrected chi connectivity index (χ4v) is 5.50. The number of ether oxygens (including phenoxy) is 2. The number of nitrogens with zero attached hydrogens (tertiary/aromatic N) is 1. The fourth-order valence-electron chi connectivity index (χ4n) is 4.45. The second-order valence-corrected chi connectivity index (χ2v) is 11.4. The summed E-state index contributed by atoms with van der Waals surface area (Å²) in [6.07, 6.45) is 2.13. The van der Waals surface area contributed by atoms with Crippen LogP contribution >= 0.6 is 11.6 Å². The minimum Gasteiger partial charge on any atom is -0.490 e. The number of hydrogen-bond acceptors (Lipinski definition) is 7. The van der Waals surface area contributed by atoms with E-state index < -0.39 is 33.4 Å². The number of fused-ring (bicyclic) bond motifs is 1. The number of benzene rings is 2. The van der Waals surface area contributed by atoms with Crippen LogP contribution in [0.2, 0.25) is 0 Å². The van der Waals surface area contributed by atoms with Gasteiger partial charge in [-0.1, -0.05) is 19.1 Å². The van der Waals surface area contributed by atoms with Crippen molar-refractivity contribution < 1.29 is 32.3 Å². The van der Waals surface area contributed by atoms with Crippen LogP contribution in [0.5, 0.6) is 11.5 Å². The first-order valence-corrected chi connectivity index (χ1v) is 15.1. The number of rotatable bonds is 13. The van der Waals surface area contributed by atoms with Gasteiger partial charge in [-0.2, -0.15) is 0 Å². The first-order chi connectivity index (χ1) is 18.1. The van der Waals surface area contributed by atoms with Gasteiger partial charge >= 0.3 is 0 Å². The predicted molar refractivity (Wildman–Crippen MR) is 146 cm³/mol. The van der Waals surface area contributed by atoms with Crippen LogP contribution in [0, 0.1) is 0 Å². The van der Waals surface area contributed by atoms with E-state index in [0.29, 0.717) is 54.6 Å². The van der Waals surface area contributed by atoms with Crippen LogP contribution in [0.4, 0.5) is 5.69 Å². The van der Waals surface area contributed by atoms with Crippen LogP contribution in [0.25, 0.3) is 0 Å². The van der Waals surface area contributed by atoms with Gasteiger partial charge in [0.1, 0.15) is 9.84 Å². The number of anilines is 1. The Morgan fingerprint density at radius 3 is 2.26 bits per heavy atom. The van der Waals surface area contributed by atoms with E-state index in [-0.39, 0.29) is 29.1 Å². The van der Waals surface area contributed by atoms with E-state index in [1.54, 1.807) is 37.3 Å². The molecule has 9 nitrogen and oxygen atoms in total. The van der Waals surface area contributed by atoms with Crippen LogP contribution in [0.1, 0.15) is 71.5 Å². The molecule has 0 bridgehead atoms. The Hall–Kier alpha value is -3.11. The van der Waals surface area contributed by atoms with Crippen LogP contribution in [0.3, 0.4) is 0 Å². The van der Waals surface area contributed by atoms with Gasteiger partial charge in [-0.25, -0.2) is 8.42 Å². The molecule has 3 rings (SSSR count). The number of nitrogens with one attached hydrogen (secondary N) is 1. The van der Waals surface area contributed by atoms with Crippen molar-refractivity contribution in [3.05, 3.63) is 52.6 Å². The average Bonchev–Trinajstić information content (AvgIpc) is 3.13. The van der Waals surface area contributed by atoms with Crippen molar-refractivity contribution in [3.8, 4) is 11.5 Å². The lowest BCUT2D eigenvalue weighted by molar-refractivity contribution is -0.116. The zero-order chi connectivity index (χ0) is 28.0. The summed E-state index contributed by atoms with van der Waals surface area (Å²) in [5.41, 5.74) is 1.46. The largest absolute Gasteiger partial charge is 0.490 e. The molecule has 0 saturated heterocycles. The van der Waals surface area contributed by atoms with Gasteiger partial charge < -0.3 is 14.8 Å². The molecule has 1 heterocycles. The lowest BCUT2D eigenvalue weighted by atomic mass is 9.99. The van der Waals surface area contributed by atoms with Crippen LogP contribution in [-0.4, -0.2) is 62.1 Å². The quantitative estimate of drug-likeness (QED) is 0.283. The fraction of sp³-hybridized carbons (Fsp3) is 0.444. The standard InChI is InChI=1S/C27H33ClN2O7S/c1-5-17-10-12-19(29-23(31)9-8-14-28)25-24(17)26(32)30(27(25)33)20(16-38(4,34)35)18-11-13-21(36-6-2)22(15-18)37-7-3/h10-13,15,20H,5-9,14,16H2,1-4H3,(H,29,31)/t20-/m1/s1. The molecule has 0 aliphatic carbocycles. The summed E-state index contributed by atoms with van der Waals surface area (Å²) in [6, 6.07) is 7.03. The van der Waals surface area contributed by atoms with Crippen LogP contribution in [0.15, 0.2) is 30.3 Å². The Morgan fingerprint density at radius 2 is 1.66 bits per heavy atom. The minimum atomic E-state index is -3.64. The molecule has 0 aromatic heterocycles. The number of sulfone groups is 1. The Kier molecular flexibility index (Phi) is 9.78. The Bertz CT molecular complexity index is 1330. The van der Waals surface area contributed by atoms with E-state index >= 15 is 0 Å². The van der Waals surface area contributed by atoms with Crippen LogP contribution < -0.4 is 14.8 Å². The first kappa shape index (κ1) is 29.4. The summed E-state index contributed by atoms with van der Waals surface area (Å²) in [4.78, 5) is 41.1. The maximum absolute atomic E-state index is 13.9. The van der Waals surface area contributed by atoms with Gasteiger partial charge in [-0.05, 0) is 56.0 Å². The molecule has 0 radical (unpaired) electrons. The van der Waals surface area contributed by atoms with Crippen molar-refractivity contribution in [3.63, 3.8) is 0 Å². The monoisotopic (exact) mass is 564 g/mol. The molecule has 1 aliphatic rings. The molecule has 0 fully saturated rings. The topological polar surface area (TPSA) is 119 Å². The summed E-state index contributed by atoms with van der Waals surface area (Å²) in [5, 5.41) is 2.72. The number of amides is 3. The third kappa shape index (κ3) is 6.47. The molecule has 2 aromatic rings. The summed E-state index contributed by atoms with van der Waals surface area (Å²) >= 11 is 5.70. The molecular formula is C27H33ClN2O7S. The maximum Gasteiger partial charge on any atom is 0.264 e. The summed E-state index contributed by atoms with van der Waals surface area (Å²) in [5.74, 6) is -0.956. The van der Waals surface area contributed by atoms with Crippen molar-refractivity contribution in [2.45, 2.75) is 46.1 Å². The number of hydrogen-bond donors (Lipinski definition) is 1. The van der Waals surface area contributed by atoms with Crippen molar-refractivity contribution in [2.24, 2.45) is 0 Å². The lowest BCUT2D eigenvalue weighted by Crippen LogP contribution is -2.38. The third-order valence-electron chi connectivity index (χ3n) is 6.07. The van der Waals surface area contributed by atoms with Gasteiger partial charge in [0.05, 0.1) is 41.8 Å². The normalized spacial score (nSPS) is 13.9. The van der Waals surface area contributed by atoms with Gasteiger partial charge in [-0.3, -0.25) is 19.3 Å². The number of halogens is 1. The SMILES string of the molecule is CCOc1ccc([C@@H](CS(C)(=O)=O)N2C(=O)c3c(CC)ccc(NC(=O)CCCCl)c3C2=O)cc1OCC. The van der Waals surface area contributed by atoms with E-state index in [9.17, 15) is 22.8 Å². The molecule has 206 valence electrons. The molecule has 3 amide bonds. The molecule has 2 aromatic carbocycles. The Balaban J connectivity index is 2.13. The zero-order valence-electron chi connectivity index (χ0n) is 22.0. The van der Waals surface area contributed by atoms with Gasteiger partial charge in [0.2, 0.25) is 5.91 Å². The summed E-state index contributed by atoms with van der Waals surface area (Å²) < 4.78 is 36.3.